The molecule has 13 heavy (non-hydrogen) atoms. The average Bonchev–Trinajstić information content (AvgIpc) is 2.14. The molecule has 0 radical (unpaired) electrons. The zero-order valence-corrected chi connectivity index (χ0v) is 8.70. The van der Waals surface area contributed by atoms with Crippen molar-refractivity contribution in [3.8, 4) is 0 Å². The van der Waals surface area contributed by atoms with Gasteiger partial charge in [0.15, 0.2) is 0 Å². The molecule has 72 valence electrons. The maximum absolute atomic E-state index is 8.75. The van der Waals surface area contributed by atoms with Gasteiger partial charge >= 0.3 is 0 Å². The fraction of sp³-hybridized carbons (Fsp3) is 0.333. The third-order valence-corrected chi connectivity index (χ3v) is 2.27. The maximum atomic E-state index is 8.75. The molecule has 0 aliphatic carbocycles. The predicted octanol–water partition coefficient (Wildman–Crippen LogP) is 1.76. The molecule has 0 bridgehead atoms. The third-order valence-electron chi connectivity index (χ3n) is 1.78. The van der Waals surface area contributed by atoms with Crippen molar-refractivity contribution in [1.29, 1.82) is 0 Å². The Morgan fingerprint density at radius 2 is 2.31 bits per heavy atom. The molecule has 0 saturated carbocycles. The van der Waals surface area contributed by atoms with Crippen LogP contribution in [0.3, 0.4) is 0 Å². The highest BCUT2D eigenvalue weighted by Gasteiger charge is 2.09. The molecule has 0 aliphatic heterocycles. The Morgan fingerprint density at radius 1 is 1.54 bits per heavy atom. The van der Waals surface area contributed by atoms with Crippen LogP contribution in [0, 0.1) is 0 Å². The van der Waals surface area contributed by atoms with E-state index in [1.807, 2.05) is 24.3 Å². The quantitative estimate of drug-likeness (QED) is 0.796. The molecule has 1 rings (SSSR count). The van der Waals surface area contributed by atoms with Crippen molar-refractivity contribution >= 4 is 15.9 Å². The number of hydrogen-bond acceptors (Lipinski definition) is 3. The van der Waals surface area contributed by atoms with Gasteiger partial charge in [0.1, 0.15) is 6.10 Å². The van der Waals surface area contributed by atoms with Gasteiger partial charge in [-0.05, 0) is 17.7 Å². The first-order chi connectivity index (χ1) is 6.27. The van der Waals surface area contributed by atoms with Crippen LogP contribution in [0.25, 0.3) is 0 Å². The van der Waals surface area contributed by atoms with Crippen LogP contribution < -0.4 is 5.90 Å². The summed E-state index contributed by atoms with van der Waals surface area (Å²) >= 11 is 3.35. The van der Waals surface area contributed by atoms with E-state index in [9.17, 15) is 0 Å². The van der Waals surface area contributed by atoms with E-state index in [0.29, 0.717) is 6.42 Å². The number of nitrogens with two attached hydrogens (primary N) is 1. The molecule has 1 aromatic rings. The zero-order valence-electron chi connectivity index (χ0n) is 7.11. The number of aliphatic hydroxyl groups excluding tert-OH is 1. The second kappa shape index (κ2) is 5.34. The van der Waals surface area contributed by atoms with Crippen molar-refractivity contribution in [3.63, 3.8) is 0 Å². The van der Waals surface area contributed by atoms with Crippen molar-refractivity contribution in [3.05, 3.63) is 34.3 Å². The predicted molar refractivity (Wildman–Crippen MR) is 53.9 cm³/mol. The third kappa shape index (κ3) is 3.08. The fourth-order valence-corrected chi connectivity index (χ4v) is 1.55. The Bertz CT molecular complexity index is 268. The van der Waals surface area contributed by atoms with Crippen LogP contribution in [0.15, 0.2) is 28.7 Å². The molecule has 1 atom stereocenters. The molecule has 0 saturated heterocycles. The Hall–Kier alpha value is -0.420. The smallest absolute Gasteiger partial charge is 0.106 e. The molecule has 1 aromatic carbocycles. The Labute approximate surface area is 85.6 Å². The van der Waals surface area contributed by atoms with E-state index in [2.05, 4.69) is 15.9 Å². The lowest BCUT2D eigenvalue weighted by Gasteiger charge is -2.13. The number of rotatable bonds is 4. The number of hydrogen-bond donors (Lipinski definition) is 2. The van der Waals surface area contributed by atoms with Gasteiger partial charge in [-0.25, -0.2) is 5.90 Å². The second-order valence-electron chi connectivity index (χ2n) is 2.69. The first kappa shape index (κ1) is 10.7. The summed E-state index contributed by atoms with van der Waals surface area (Å²) in [6.45, 7) is 0.0639. The van der Waals surface area contributed by atoms with Gasteiger partial charge in [0.2, 0.25) is 0 Å². The molecular formula is C9H12BrNO2. The molecule has 0 aromatic heterocycles. The van der Waals surface area contributed by atoms with Crippen molar-refractivity contribution < 1.29 is 9.94 Å². The van der Waals surface area contributed by atoms with Crippen LogP contribution in [0.1, 0.15) is 18.1 Å². The monoisotopic (exact) mass is 245 g/mol. The Balaban J connectivity index is 2.78. The summed E-state index contributed by atoms with van der Waals surface area (Å²) in [6, 6.07) is 7.67. The average molecular weight is 246 g/mol. The lowest BCUT2D eigenvalue weighted by Crippen LogP contribution is -2.10. The van der Waals surface area contributed by atoms with Crippen molar-refractivity contribution in [1.82, 2.24) is 0 Å². The second-order valence-corrected chi connectivity index (χ2v) is 3.61. The van der Waals surface area contributed by atoms with E-state index in [-0.39, 0.29) is 12.7 Å². The standard InChI is InChI=1S/C9H12BrNO2/c10-8-3-1-2-7(6-8)9(13-11)4-5-12/h1-3,6,9,12H,4-5,11H2. The molecule has 1 unspecified atom stereocenters. The highest BCUT2D eigenvalue weighted by Crippen LogP contribution is 2.22. The molecule has 4 heteroatoms. The van der Waals surface area contributed by atoms with Crippen molar-refractivity contribution in [2.45, 2.75) is 12.5 Å². The van der Waals surface area contributed by atoms with E-state index in [4.69, 9.17) is 15.8 Å². The van der Waals surface area contributed by atoms with Crippen LogP contribution in [0.4, 0.5) is 0 Å². The fourth-order valence-electron chi connectivity index (χ4n) is 1.14. The van der Waals surface area contributed by atoms with Crippen molar-refractivity contribution in [2.24, 2.45) is 5.90 Å². The van der Waals surface area contributed by atoms with Crippen LogP contribution >= 0.6 is 15.9 Å². The molecule has 0 fully saturated rings. The molecule has 0 spiro atoms. The molecule has 0 heterocycles. The van der Waals surface area contributed by atoms with Crippen LogP contribution in [-0.4, -0.2) is 11.7 Å². The van der Waals surface area contributed by atoms with Gasteiger partial charge in [-0.1, -0.05) is 28.1 Å². The zero-order chi connectivity index (χ0) is 9.68. The van der Waals surface area contributed by atoms with Gasteiger partial charge in [0.25, 0.3) is 0 Å². The highest BCUT2D eigenvalue weighted by atomic mass is 79.9. The first-order valence-corrected chi connectivity index (χ1v) is 4.79. The number of aliphatic hydroxyl groups is 1. The maximum Gasteiger partial charge on any atom is 0.106 e. The summed E-state index contributed by atoms with van der Waals surface area (Å²) < 4.78 is 0.977. The summed E-state index contributed by atoms with van der Waals surface area (Å²) in [6.07, 6.45) is 0.273. The number of halogens is 1. The minimum Gasteiger partial charge on any atom is -0.396 e. The van der Waals surface area contributed by atoms with Crippen molar-refractivity contribution in [2.75, 3.05) is 6.61 Å². The van der Waals surface area contributed by atoms with Gasteiger partial charge < -0.3 is 5.11 Å². The lowest BCUT2D eigenvalue weighted by atomic mass is 10.1. The summed E-state index contributed by atoms with van der Waals surface area (Å²) in [5.74, 6) is 5.11. The number of benzene rings is 1. The topological polar surface area (TPSA) is 55.5 Å². The summed E-state index contributed by atoms with van der Waals surface area (Å²) in [7, 11) is 0. The highest BCUT2D eigenvalue weighted by molar-refractivity contribution is 9.10. The van der Waals surface area contributed by atoms with E-state index >= 15 is 0 Å². The van der Waals surface area contributed by atoms with E-state index in [1.54, 1.807) is 0 Å². The SMILES string of the molecule is NOC(CCO)c1cccc(Br)c1. The van der Waals surface area contributed by atoms with Gasteiger partial charge in [0.05, 0.1) is 0 Å². The summed E-state index contributed by atoms with van der Waals surface area (Å²) in [5, 5.41) is 8.75. The van der Waals surface area contributed by atoms with Gasteiger partial charge in [-0.2, -0.15) is 0 Å². The lowest BCUT2D eigenvalue weighted by molar-refractivity contribution is 0.0342. The first-order valence-electron chi connectivity index (χ1n) is 3.99. The molecule has 0 amide bonds. The van der Waals surface area contributed by atoms with E-state index in [0.717, 1.165) is 10.0 Å². The largest absolute Gasteiger partial charge is 0.396 e. The van der Waals surface area contributed by atoms with Crippen LogP contribution in [0.2, 0.25) is 0 Å². The van der Waals surface area contributed by atoms with Crippen LogP contribution in [0.5, 0.6) is 0 Å². The molecule has 3 nitrogen and oxygen atoms in total. The summed E-state index contributed by atoms with van der Waals surface area (Å²) in [5.41, 5.74) is 0.964. The molecule has 0 aliphatic rings. The van der Waals surface area contributed by atoms with E-state index in [1.165, 1.54) is 0 Å². The van der Waals surface area contributed by atoms with Gasteiger partial charge in [-0.3, -0.25) is 4.84 Å². The van der Waals surface area contributed by atoms with Gasteiger partial charge in [0, 0.05) is 17.5 Å². The minimum atomic E-state index is -0.234. The Morgan fingerprint density at radius 3 is 2.85 bits per heavy atom. The van der Waals surface area contributed by atoms with Gasteiger partial charge in [-0.15, -0.1) is 0 Å². The van der Waals surface area contributed by atoms with Crippen LogP contribution in [-0.2, 0) is 4.84 Å². The molecular weight excluding hydrogens is 234 g/mol. The minimum absolute atomic E-state index is 0.0639. The van der Waals surface area contributed by atoms with E-state index < -0.39 is 0 Å². The summed E-state index contributed by atoms with van der Waals surface area (Å²) in [4.78, 5) is 4.75. The normalized spacial score (nSPS) is 12.8. The molecule has 3 N–H and O–H groups in total. The Kier molecular flexibility index (Phi) is 4.38.